The van der Waals surface area contributed by atoms with Gasteiger partial charge in [0.1, 0.15) is 5.82 Å². The average molecular weight is 432 g/mol. The minimum absolute atomic E-state index is 0.176. The van der Waals surface area contributed by atoms with Crippen molar-refractivity contribution >= 4 is 22.8 Å². The van der Waals surface area contributed by atoms with Gasteiger partial charge in [0.25, 0.3) is 5.56 Å². The Kier molecular flexibility index (Phi) is 4.73. The second kappa shape index (κ2) is 7.60. The Labute approximate surface area is 182 Å². The summed E-state index contributed by atoms with van der Waals surface area (Å²) in [6.45, 7) is 2.80. The number of rotatable bonds is 4. The molecule has 0 bridgehead atoms. The molecule has 1 aliphatic heterocycles. The SMILES string of the molecule is CC1=NN(Cc2ccc(F)cc2)c2nc3c(c(=O)n(Cc4ccccc4)c(=O)n3C)n2C1. The van der Waals surface area contributed by atoms with Gasteiger partial charge in [-0.15, -0.1) is 0 Å². The zero-order valence-corrected chi connectivity index (χ0v) is 17.7. The third-order valence-electron chi connectivity index (χ3n) is 5.55. The van der Waals surface area contributed by atoms with Gasteiger partial charge in [0.2, 0.25) is 5.95 Å². The van der Waals surface area contributed by atoms with Crippen molar-refractivity contribution in [1.82, 2.24) is 18.7 Å². The van der Waals surface area contributed by atoms with Crippen LogP contribution in [-0.4, -0.2) is 24.4 Å². The first-order valence-corrected chi connectivity index (χ1v) is 10.2. The zero-order chi connectivity index (χ0) is 22.4. The summed E-state index contributed by atoms with van der Waals surface area (Å²) in [6.07, 6.45) is 0. The van der Waals surface area contributed by atoms with E-state index in [1.54, 1.807) is 28.8 Å². The van der Waals surface area contributed by atoms with Crippen LogP contribution in [0.3, 0.4) is 0 Å². The van der Waals surface area contributed by atoms with E-state index >= 15 is 0 Å². The summed E-state index contributed by atoms with van der Waals surface area (Å²) in [5.41, 5.74) is 2.36. The van der Waals surface area contributed by atoms with E-state index in [9.17, 15) is 14.0 Å². The quantitative estimate of drug-likeness (QED) is 0.497. The summed E-state index contributed by atoms with van der Waals surface area (Å²) in [5, 5.41) is 6.26. The molecule has 0 unspecified atom stereocenters. The van der Waals surface area contributed by atoms with E-state index in [0.717, 1.165) is 16.8 Å². The molecule has 0 atom stereocenters. The molecular weight excluding hydrogens is 411 g/mol. The molecule has 0 aliphatic carbocycles. The van der Waals surface area contributed by atoms with Crippen molar-refractivity contribution in [2.45, 2.75) is 26.6 Å². The van der Waals surface area contributed by atoms with Crippen LogP contribution in [0.25, 0.3) is 11.2 Å². The standard InChI is InChI=1S/C23H21FN6O2/c1-15-12-28-19-20(25-22(28)30(26-15)14-17-8-10-18(24)11-9-17)27(2)23(32)29(21(19)31)13-16-6-4-3-5-7-16/h3-11H,12-14H2,1-2H3. The highest BCUT2D eigenvalue weighted by atomic mass is 19.1. The lowest BCUT2D eigenvalue weighted by Crippen LogP contribution is -2.40. The van der Waals surface area contributed by atoms with E-state index in [4.69, 9.17) is 0 Å². The van der Waals surface area contributed by atoms with Crippen LogP contribution in [0.2, 0.25) is 0 Å². The van der Waals surface area contributed by atoms with Crippen LogP contribution >= 0.6 is 0 Å². The maximum atomic E-state index is 13.4. The highest BCUT2D eigenvalue weighted by Crippen LogP contribution is 2.25. The van der Waals surface area contributed by atoms with E-state index in [1.807, 2.05) is 37.3 Å². The van der Waals surface area contributed by atoms with Gasteiger partial charge in [-0.3, -0.25) is 18.5 Å². The van der Waals surface area contributed by atoms with Gasteiger partial charge in [0, 0.05) is 7.05 Å². The third kappa shape index (κ3) is 3.31. The molecule has 5 rings (SSSR count). The van der Waals surface area contributed by atoms with Crippen LogP contribution in [0, 0.1) is 5.82 Å². The molecule has 0 radical (unpaired) electrons. The molecule has 0 N–H and O–H groups in total. The highest BCUT2D eigenvalue weighted by Gasteiger charge is 2.26. The van der Waals surface area contributed by atoms with Gasteiger partial charge in [0.05, 0.1) is 25.3 Å². The van der Waals surface area contributed by atoms with E-state index < -0.39 is 5.69 Å². The van der Waals surface area contributed by atoms with Crippen molar-refractivity contribution in [1.29, 1.82) is 0 Å². The number of hydrazone groups is 1. The number of anilines is 1. The second-order valence-electron chi connectivity index (χ2n) is 7.91. The molecule has 9 heteroatoms. The molecule has 0 fully saturated rings. The summed E-state index contributed by atoms with van der Waals surface area (Å²) in [5.74, 6) is 0.160. The first-order valence-electron chi connectivity index (χ1n) is 10.2. The Balaban J connectivity index is 1.65. The number of fused-ring (bicyclic) bond motifs is 3. The summed E-state index contributed by atoms with van der Waals surface area (Å²) in [7, 11) is 1.61. The first kappa shape index (κ1) is 19.9. The Morgan fingerprint density at radius 1 is 0.969 bits per heavy atom. The van der Waals surface area contributed by atoms with Gasteiger partial charge in [-0.25, -0.2) is 14.2 Å². The van der Waals surface area contributed by atoms with Crippen LogP contribution < -0.4 is 16.3 Å². The number of aryl methyl sites for hydroxylation is 1. The minimum Gasteiger partial charge on any atom is -0.297 e. The van der Waals surface area contributed by atoms with Crippen LogP contribution in [0.1, 0.15) is 18.1 Å². The van der Waals surface area contributed by atoms with Crippen molar-refractivity contribution in [3.63, 3.8) is 0 Å². The minimum atomic E-state index is -0.426. The Morgan fingerprint density at radius 3 is 2.38 bits per heavy atom. The van der Waals surface area contributed by atoms with Crippen molar-refractivity contribution in [3.05, 3.63) is 92.4 Å². The normalized spacial score (nSPS) is 13.3. The molecule has 1 aliphatic rings. The maximum absolute atomic E-state index is 13.4. The fourth-order valence-corrected chi connectivity index (χ4v) is 3.99. The molecule has 3 heterocycles. The highest BCUT2D eigenvalue weighted by molar-refractivity contribution is 5.87. The van der Waals surface area contributed by atoms with Gasteiger partial charge in [-0.05, 0) is 30.2 Å². The van der Waals surface area contributed by atoms with E-state index in [2.05, 4.69) is 10.1 Å². The molecule has 0 saturated heterocycles. The van der Waals surface area contributed by atoms with E-state index in [1.165, 1.54) is 21.3 Å². The molecule has 2 aromatic heterocycles. The van der Waals surface area contributed by atoms with Gasteiger partial charge in [-0.2, -0.15) is 10.1 Å². The smallest absolute Gasteiger partial charge is 0.297 e. The average Bonchev–Trinajstić information content (AvgIpc) is 3.17. The zero-order valence-electron chi connectivity index (χ0n) is 17.7. The third-order valence-corrected chi connectivity index (χ3v) is 5.55. The maximum Gasteiger partial charge on any atom is 0.332 e. The number of hydrogen-bond donors (Lipinski definition) is 0. The van der Waals surface area contributed by atoms with Crippen LogP contribution in [0.4, 0.5) is 10.3 Å². The predicted molar refractivity (Wildman–Crippen MR) is 120 cm³/mol. The van der Waals surface area contributed by atoms with Crippen molar-refractivity contribution in [3.8, 4) is 0 Å². The molecule has 0 amide bonds. The number of imidazole rings is 1. The van der Waals surface area contributed by atoms with E-state index in [0.29, 0.717) is 30.2 Å². The number of aromatic nitrogens is 4. The first-order chi connectivity index (χ1) is 15.4. The number of halogens is 1. The Hall–Kier alpha value is -4.01. The van der Waals surface area contributed by atoms with Gasteiger partial charge in [0.15, 0.2) is 11.2 Å². The lowest BCUT2D eigenvalue weighted by molar-refractivity contribution is 0.626. The largest absolute Gasteiger partial charge is 0.332 e. The molecule has 8 nitrogen and oxygen atoms in total. The Bertz CT molecular complexity index is 1470. The summed E-state index contributed by atoms with van der Waals surface area (Å²) >= 11 is 0. The summed E-state index contributed by atoms with van der Waals surface area (Å²) in [6, 6.07) is 15.5. The number of benzene rings is 2. The fourth-order valence-electron chi connectivity index (χ4n) is 3.99. The lowest BCUT2D eigenvalue weighted by atomic mass is 10.2. The lowest BCUT2D eigenvalue weighted by Gasteiger charge is -2.25. The van der Waals surface area contributed by atoms with Crippen molar-refractivity contribution < 1.29 is 4.39 Å². The van der Waals surface area contributed by atoms with Gasteiger partial charge >= 0.3 is 5.69 Å². The van der Waals surface area contributed by atoms with Crippen molar-refractivity contribution in [2.24, 2.45) is 12.1 Å². The molecule has 0 saturated carbocycles. The molecule has 4 aromatic rings. The summed E-state index contributed by atoms with van der Waals surface area (Å²) < 4.78 is 17.7. The molecule has 32 heavy (non-hydrogen) atoms. The summed E-state index contributed by atoms with van der Waals surface area (Å²) in [4.78, 5) is 31.0. The van der Waals surface area contributed by atoms with Crippen molar-refractivity contribution in [2.75, 3.05) is 5.01 Å². The Morgan fingerprint density at radius 2 is 1.66 bits per heavy atom. The van der Waals surface area contributed by atoms with Crippen LogP contribution in [0.5, 0.6) is 0 Å². The second-order valence-corrected chi connectivity index (χ2v) is 7.91. The van der Waals surface area contributed by atoms with Crippen LogP contribution in [0.15, 0.2) is 69.3 Å². The monoisotopic (exact) mass is 432 g/mol. The van der Waals surface area contributed by atoms with Gasteiger partial charge in [-0.1, -0.05) is 42.5 Å². The predicted octanol–water partition coefficient (Wildman–Crippen LogP) is 2.48. The number of hydrogen-bond acceptors (Lipinski definition) is 5. The van der Waals surface area contributed by atoms with Crippen LogP contribution in [-0.2, 0) is 26.7 Å². The van der Waals surface area contributed by atoms with E-state index in [-0.39, 0.29) is 17.9 Å². The molecule has 162 valence electrons. The molecule has 2 aromatic carbocycles. The van der Waals surface area contributed by atoms with Gasteiger partial charge < -0.3 is 0 Å². The molecule has 0 spiro atoms. The topological polar surface area (TPSA) is 77.4 Å². The number of nitrogens with zero attached hydrogens (tertiary/aromatic N) is 6. The fraction of sp³-hybridized carbons (Fsp3) is 0.217. The molecular formula is C23H21FN6O2.